The van der Waals surface area contributed by atoms with E-state index in [-0.39, 0.29) is 17.1 Å². The molecule has 0 spiro atoms. The summed E-state index contributed by atoms with van der Waals surface area (Å²) in [5, 5.41) is 8.91. The minimum Gasteiger partial charge on any atom is -0.477 e. The summed E-state index contributed by atoms with van der Waals surface area (Å²) < 4.78 is 55.9. The van der Waals surface area contributed by atoms with Gasteiger partial charge >= 0.3 is 12.1 Å². The highest BCUT2D eigenvalue weighted by Gasteiger charge is 2.34. The molecule has 0 saturated heterocycles. The number of aromatic nitrogens is 1. The third-order valence-corrected chi connectivity index (χ3v) is 2.48. The van der Waals surface area contributed by atoms with Gasteiger partial charge in [0.05, 0.1) is 5.56 Å². The lowest BCUT2D eigenvalue weighted by Crippen LogP contribution is -2.08. The van der Waals surface area contributed by atoms with E-state index in [1.165, 1.54) is 12.3 Å². The van der Waals surface area contributed by atoms with Crippen molar-refractivity contribution in [1.82, 2.24) is 4.98 Å². The van der Waals surface area contributed by atoms with Gasteiger partial charge in [0.1, 0.15) is 22.9 Å². The van der Waals surface area contributed by atoms with E-state index in [9.17, 15) is 22.4 Å². The highest BCUT2D eigenvalue weighted by molar-refractivity contribution is 5.90. The molecule has 0 aliphatic heterocycles. The van der Waals surface area contributed by atoms with Crippen molar-refractivity contribution in [2.75, 3.05) is 0 Å². The Morgan fingerprint density at radius 1 is 1.24 bits per heavy atom. The van der Waals surface area contributed by atoms with Crippen LogP contribution in [0, 0.1) is 5.82 Å². The van der Waals surface area contributed by atoms with Crippen LogP contribution < -0.4 is 4.74 Å². The first-order chi connectivity index (χ1) is 9.79. The lowest BCUT2D eigenvalue weighted by molar-refractivity contribution is -0.140. The SMILES string of the molecule is O=C(O)c1cnccc1Oc1ccc(F)c(C(F)(F)F)c1. The molecule has 1 aromatic carbocycles. The number of carboxylic acids is 1. The van der Waals surface area contributed by atoms with E-state index in [2.05, 4.69) is 4.98 Å². The molecule has 21 heavy (non-hydrogen) atoms. The van der Waals surface area contributed by atoms with Gasteiger partial charge in [0.2, 0.25) is 0 Å². The van der Waals surface area contributed by atoms with Crippen LogP contribution in [0.2, 0.25) is 0 Å². The minimum atomic E-state index is -4.88. The number of aromatic carboxylic acids is 1. The maximum atomic E-state index is 13.1. The number of pyridine rings is 1. The van der Waals surface area contributed by atoms with E-state index in [1.807, 2.05) is 0 Å². The Labute approximate surface area is 115 Å². The average molecular weight is 301 g/mol. The molecule has 2 aromatic rings. The van der Waals surface area contributed by atoms with E-state index in [4.69, 9.17) is 9.84 Å². The van der Waals surface area contributed by atoms with E-state index >= 15 is 0 Å². The number of carboxylic acid groups (broad SMARTS) is 1. The standard InChI is InChI=1S/C13H7F4NO3/c14-10-2-1-7(5-9(10)13(15,16)17)21-11-3-4-18-6-8(11)12(19)20/h1-6H,(H,19,20). The van der Waals surface area contributed by atoms with Gasteiger partial charge in [-0.05, 0) is 18.2 Å². The van der Waals surface area contributed by atoms with Gasteiger partial charge in [-0.15, -0.1) is 0 Å². The zero-order valence-electron chi connectivity index (χ0n) is 10.2. The monoisotopic (exact) mass is 301 g/mol. The molecular weight excluding hydrogens is 294 g/mol. The van der Waals surface area contributed by atoms with Crippen molar-refractivity contribution in [2.24, 2.45) is 0 Å². The van der Waals surface area contributed by atoms with Gasteiger partial charge in [0, 0.05) is 18.5 Å². The van der Waals surface area contributed by atoms with Crippen molar-refractivity contribution in [3.8, 4) is 11.5 Å². The van der Waals surface area contributed by atoms with Crippen LogP contribution >= 0.6 is 0 Å². The summed E-state index contributed by atoms with van der Waals surface area (Å²) in [6, 6.07) is 3.21. The first-order valence-electron chi connectivity index (χ1n) is 5.51. The second-order valence-corrected chi connectivity index (χ2v) is 3.92. The molecule has 1 aromatic heterocycles. The molecule has 8 heteroatoms. The number of benzene rings is 1. The zero-order chi connectivity index (χ0) is 15.6. The molecule has 0 bridgehead atoms. The molecule has 0 atom stereocenters. The maximum absolute atomic E-state index is 13.1. The van der Waals surface area contributed by atoms with Crippen LogP contribution in [-0.2, 0) is 6.18 Å². The van der Waals surface area contributed by atoms with Crippen LogP contribution in [0.25, 0.3) is 0 Å². The molecule has 110 valence electrons. The van der Waals surface area contributed by atoms with Gasteiger partial charge < -0.3 is 9.84 Å². The number of nitrogens with zero attached hydrogens (tertiary/aromatic N) is 1. The van der Waals surface area contributed by atoms with E-state index in [1.54, 1.807) is 0 Å². The fourth-order valence-corrected chi connectivity index (χ4v) is 1.54. The van der Waals surface area contributed by atoms with Crippen LogP contribution in [0.3, 0.4) is 0 Å². The lowest BCUT2D eigenvalue weighted by Gasteiger charge is -2.12. The largest absolute Gasteiger partial charge is 0.477 e. The highest BCUT2D eigenvalue weighted by Crippen LogP contribution is 2.35. The zero-order valence-corrected chi connectivity index (χ0v) is 10.2. The number of halogens is 4. The summed E-state index contributed by atoms with van der Waals surface area (Å²) in [5.74, 6) is -3.33. The Hall–Kier alpha value is -2.64. The number of hydrogen-bond acceptors (Lipinski definition) is 3. The summed E-state index contributed by atoms with van der Waals surface area (Å²) in [5.41, 5.74) is -1.82. The van der Waals surface area contributed by atoms with Crippen LogP contribution in [0.15, 0.2) is 36.7 Å². The Morgan fingerprint density at radius 2 is 1.95 bits per heavy atom. The van der Waals surface area contributed by atoms with Crippen LogP contribution in [0.4, 0.5) is 17.6 Å². The average Bonchev–Trinajstić information content (AvgIpc) is 2.40. The molecule has 0 radical (unpaired) electrons. The maximum Gasteiger partial charge on any atom is 0.419 e. The van der Waals surface area contributed by atoms with E-state index < -0.39 is 23.5 Å². The number of hydrogen-bond donors (Lipinski definition) is 1. The lowest BCUT2D eigenvalue weighted by atomic mass is 10.2. The molecule has 0 saturated carbocycles. The molecule has 0 fully saturated rings. The number of carbonyl (C=O) groups is 1. The third-order valence-electron chi connectivity index (χ3n) is 2.48. The summed E-state index contributed by atoms with van der Waals surface area (Å²) in [4.78, 5) is 14.5. The number of alkyl halides is 3. The van der Waals surface area contributed by atoms with Crippen molar-refractivity contribution in [1.29, 1.82) is 0 Å². The molecule has 1 N–H and O–H groups in total. The normalized spacial score (nSPS) is 11.2. The fraction of sp³-hybridized carbons (Fsp3) is 0.0769. The molecule has 4 nitrogen and oxygen atoms in total. The van der Waals surface area contributed by atoms with Crippen molar-refractivity contribution in [3.63, 3.8) is 0 Å². The van der Waals surface area contributed by atoms with Crippen molar-refractivity contribution in [2.45, 2.75) is 6.18 Å². The van der Waals surface area contributed by atoms with E-state index in [0.29, 0.717) is 12.1 Å². The topological polar surface area (TPSA) is 59.4 Å². The predicted molar refractivity (Wildman–Crippen MR) is 62.7 cm³/mol. The first-order valence-corrected chi connectivity index (χ1v) is 5.51. The molecule has 0 unspecified atom stereocenters. The minimum absolute atomic E-state index is 0.197. The Morgan fingerprint density at radius 3 is 2.57 bits per heavy atom. The molecule has 0 aliphatic rings. The predicted octanol–water partition coefficient (Wildman–Crippen LogP) is 3.73. The van der Waals surface area contributed by atoms with Gasteiger partial charge in [-0.3, -0.25) is 4.98 Å². The Kier molecular flexibility index (Phi) is 3.79. The third kappa shape index (κ3) is 3.28. The molecular formula is C13H7F4NO3. The van der Waals surface area contributed by atoms with Crippen LogP contribution in [-0.4, -0.2) is 16.1 Å². The molecule has 0 amide bonds. The van der Waals surface area contributed by atoms with Gasteiger partial charge in [-0.1, -0.05) is 0 Å². The van der Waals surface area contributed by atoms with Gasteiger partial charge in [0.15, 0.2) is 0 Å². The number of ether oxygens (including phenoxy) is 1. The van der Waals surface area contributed by atoms with Gasteiger partial charge in [-0.2, -0.15) is 13.2 Å². The molecule has 1 heterocycles. The smallest absolute Gasteiger partial charge is 0.419 e. The summed E-state index contributed by atoms with van der Waals surface area (Å²) in [6.07, 6.45) is -2.67. The van der Waals surface area contributed by atoms with Gasteiger partial charge in [0.25, 0.3) is 0 Å². The highest BCUT2D eigenvalue weighted by atomic mass is 19.4. The van der Waals surface area contributed by atoms with Gasteiger partial charge in [-0.25, -0.2) is 9.18 Å². The van der Waals surface area contributed by atoms with Crippen LogP contribution in [0.1, 0.15) is 15.9 Å². The second kappa shape index (κ2) is 5.39. The first kappa shape index (κ1) is 14.8. The Bertz CT molecular complexity index is 685. The summed E-state index contributed by atoms with van der Waals surface area (Å²) >= 11 is 0. The van der Waals surface area contributed by atoms with E-state index in [0.717, 1.165) is 12.3 Å². The second-order valence-electron chi connectivity index (χ2n) is 3.92. The van der Waals surface area contributed by atoms with Crippen molar-refractivity contribution >= 4 is 5.97 Å². The number of rotatable bonds is 3. The van der Waals surface area contributed by atoms with Crippen LogP contribution in [0.5, 0.6) is 11.5 Å². The van der Waals surface area contributed by atoms with Crippen molar-refractivity contribution in [3.05, 3.63) is 53.6 Å². The Balaban J connectivity index is 2.40. The summed E-state index contributed by atoms with van der Waals surface area (Å²) in [6.45, 7) is 0. The molecule has 2 rings (SSSR count). The van der Waals surface area contributed by atoms with Crippen molar-refractivity contribution < 1.29 is 32.2 Å². The quantitative estimate of drug-likeness (QED) is 0.878. The molecule has 0 aliphatic carbocycles. The fourth-order valence-electron chi connectivity index (χ4n) is 1.54. The summed E-state index contributed by atoms with van der Waals surface area (Å²) in [7, 11) is 0.